The standard InChI is InChI=1S/C15H25N3O4/c1-11-8-13(19)15(22)12(9-17(4)10-14(20)21)18(11)7-5-6-16(2)3/h8,22H,5-7,9-10H2,1-4H3,(H,20,21). The summed E-state index contributed by atoms with van der Waals surface area (Å²) in [6.45, 7) is 3.41. The van der Waals surface area contributed by atoms with Gasteiger partial charge in [0.2, 0.25) is 5.43 Å². The van der Waals surface area contributed by atoms with Gasteiger partial charge in [0.05, 0.1) is 12.2 Å². The second-order valence-corrected chi connectivity index (χ2v) is 5.82. The van der Waals surface area contributed by atoms with Gasteiger partial charge in [0.25, 0.3) is 0 Å². The van der Waals surface area contributed by atoms with Gasteiger partial charge in [0.1, 0.15) is 0 Å². The van der Waals surface area contributed by atoms with E-state index in [-0.39, 0.29) is 18.8 Å². The molecular weight excluding hydrogens is 286 g/mol. The maximum absolute atomic E-state index is 11.8. The number of nitrogens with zero attached hydrogens (tertiary/aromatic N) is 3. The topological polar surface area (TPSA) is 86.0 Å². The molecule has 0 aliphatic rings. The molecule has 0 saturated carbocycles. The van der Waals surface area contributed by atoms with Gasteiger partial charge in [-0.15, -0.1) is 0 Å². The Kier molecular flexibility index (Phi) is 6.58. The van der Waals surface area contributed by atoms with Gasteiger partial charge in [-0.3, -0.25) is 14.5 Å². The van der Waals surface area contributed by atoms with Crippen molar-refractivity contribution >= 4 is 5.97 Å². The van der Waals surface area contributed by atoms with Gasteiger partial charge in [-0.25, -0.2) is 0 Å². The van der Waals surface area contributed by atoms with Crippen LogP contribution in [0.1, 0.15) is 17.8 Å². The van der Waals surface area contributed by atoms with E-state index in [1.165, 1.54) is 6.07 Å². The minimum atomic E-state index is -0.948. The molecule has 0 atom stereocenters. The van der Waals surface area contributed by atoms with Gasteiger partial charge in [-0.05, 0) is 41.0 Å². The van der Waals surface area contributed by atoms with Crippen molar-refractivity contribution in [2.24, 2.45) is 0 Å². The highest BCUT2D eigenvalue weighted by Crippen LogP contribution is 2.17. The Bertz CT molecular complexity index is 581. The number of aromatic hydroxyl groups is 1. The third-order valence-electron chi connectivity index (χ3n) is 3.41. The van der Waals surface area contributed by atoms with E-state index in [1.54, 1.807) is 11.9 Å². The fourth-order valence-electron chi connectivity index (χ4n) is 2.38. The molecule has 0 fully saturated rings. The Morgan fingerprint density at radius 2 is 1.95 bits per heavy atom. The van der Waals surface area contributed by atoms with Gasteiger partial charge < -0.3 is 19.7 Å². The zero-order valence-corrected chi connectivity index (χ0v) is 13.7. The predicted octanol–water partition coefficient (Wildman–Crippen LogP) is 0.330. The number of pyridine rings is 1. The lowest BCUT2D eigenvalue weighted by Crippen LogP contribution is -2.29. The molecule has 0 aromatic carbocycles. The molecule has 22 heavy (non-hydrogen) atoms. The molecule has 0 aliphatic carbocycles. The zero-order valence-electron chi connectivity index (χ0n) is 13.7. The molecule has 0 bridgehead atoms. The first-order valence-corrected chi connectivity index (χ1v) is 7.19. The second-order valence-electron chi connectivity index (χ2n) is 5.82. The SMILES string of the molecule is Cc1cc(=O)c(O)c(CN(C)CC(=O)O)n1CCCN(C)C. The number of hydrogen-bond donors (Lipinski definition) is 2. The van der Waals surface area contributed by atoms with E-state index in [9.17, 15) is 14.7 Å². The van der Waals surface area contributed by atoms with Crippen LogP contribution in [0.5, 0.6) is 5.75 Å². The van der Waals surface area contributed by atoms with Crippen LogP contribution in [0.15, 0.2) is 10.9 Å². The Labute approximate surface area is 130 Å². The highest BCUT2D eigenvalue weighted by molar-refractivity contribution is 5.69. The predicted molar refractivity (Wildman–Crippen MR) is 84.2 cm³/mol. The summed E-state index contributed by atoms with van der Waals surface area (Å²) in [4.78, 5) is 26.2. The highest BCUT2D eigenvalue weighted by atomic mass is 16.4. The average molecular weight is 311 g/mol. The summed E-state index contributed by atoms with van der Waals surface area (Å²) in [6.07, 6.45) is 0.867. The van der Waals surface area contributed by atoms with E-state index in [4.69, 9.17) is 5.11 Å². The van der Waals surface area contributed by atoms with Crippen molar-refractivity contribution in [1.82, 2.24) is 14.4 Å². The third-order valence-corrected chi connectivity index (χ3v) is 3.41. The Hall–Kier alpha value is -1.86. The Morgan fingerprint density at radius 1 is 1.32 bits per heavy atom. The van der Waals surface area contributed by atoms with Crippen LogP contribution in [0, 0.1) is 6.92 Å². The number of aryl methyl sites for hydroxylation is 1. The van der Waals surface area contributed by atoms with Gasteiger partial charge in [-0.2, -0.15) is 0 Å². The maximum Gasteiger partial charge on any atom is 0.317 e. The molecule has 7 heteroatoms. The van der Waals surface area contributed by atoms with E-state index in [2.05, 4.69) is 4.90 Å². The van der Waals surface area contributed by atoms with Crippen LogP contribution in [-0.2, 0) is 17.9 Å². The van der Waals surface area contributed by atoms with E-state index in [1.807, 2.05) is 25.6 Å². The van der Waals surface area contributed by atoms with Crippen LogP contribution in [0.4, 0.5) is 0 Å². The molecule has 1 aromatic rings. The van der Waals surface area contributed by atoms with Crippen LogP contribution < -0.4 is 5.43 Å². The van der Waals surface area contributed by atoms with Crippen molar-refractivity contribution in [3.63, 3.8) is 0 Å². The number of aliphatic carboxylic acids is 1. The second kappa shape index (κ2) is 7.95. The molecule has 0 spiro atoms. The van der Waals surface area contributed by atoms with E-state index >= 15 is 0 Å². The number of aromatic nitrogens is 1. The number of carbonyl (C=O) groups is 1. The van der Waals surface area contributed by atoms with Crippen LogP contribution in [0.25, 0.3) is 0 Å². The Morgan fingerprint density at radius 3 is 2.50 bits per heavy atom. The monoisotopic (exact) mass is 311 g/mol. The number of likely N-dealkylation sites (N-methyl/N-ethyl adjacent to an activating group) is 1. The molecule has 1 aromatic heterocycles. The zero-order chi connectivity index (χ0) is 16.9. The van der Waals surface area contributed by atoms with Crippen molar-refractivity contribution in [2.75, 3.05) is 34.2 Å². The van der Waals surface area contributed by atoms with Crippen molar-refractivity contribution in [2.45, 2.75) is 26.4 Å². The van der Waals surface area contributed by atoms with E-state index in [0.29, 0.717) is 12.2 Å². The van der Waals surface area contributed by atoms with E-state index in [0.717, 1.165) is 18.7 Å². The first kappa shape index (κ1) is 18.2. The molecule has 124 valence electrons. The van der Waals surface area contributed by atoms with Gasteiger partial charge in [-0.1, -0.05) is 0 Å². The lowest BCUT2D eigenvalue weighted by atomic mass is 10.2. The van der Waals surface area contributed by atoms with Crippen LogP contribution in [0.2, 0.25) is 0 Å². The summed E-state index contributed by atoms with van der Waals surface area (Å²) >= 11 is 0. The van der Waals surface area contributed by atoms with Gasteiger partial charge in [0, 0.05) is 24.8 Å². The number of rotatable bonds is 8. The van der Waals surface area contributed by atoms with Crippen molar-refractivity contribution in [1.29, 1.82) is 0 Å². The number of carboxylic acids is 1. The quantitative estimate of drug-likeness (QED) is 0.719. The molecule has 2 N–H and O–H groups in total. The summed E-state index contributed by atoms with van der Waals surface area (Å²) in [5.41, 5.74) is 0.799. The first-order valence-electron chi connectivity index (χ1n) is 7.19. The lowest BCUT2D eigenvalue weighted by molar-refractivity contribution is -0.138. The largest absolute Gasteiger partial charge is 0.503 e. The first-order chi connectivity index (χ1) is 10.2. The molecule has 1 rings (SSSR count). The average Bonchev–Trinajstić information content (AvgIpc) is 2.37. The molecular formula is C15H25N3O4. The number of hydrogen-bond acceptors (Lipinski definition) is 5. The highest BCUT2D eigenvalue weighted by Gasteiger charge is 2.16. The summed E-state index contributed by atoms with van der Waals surface area (Å²) in [7, 11) is 5.61. The molecule has 0 amide bonds. The van der Waals surface area contributed by atoms with Crippen LogP contribution >= 0.6 is 0 Å². The lowest BCUT2D eigenvalue weighted by Gasteiger charge is -2.22. The number of carboxylic acid groups (broad SMARTS) is 1. The minimum Gasteiger partial charge on any atom is -0.503 e. The summed E-state index contributed by atoms with van der Waals surface area (Å²) in [5, 5.41) is 18.9. The fourth-order valence-corrected chi connectivity index (χ4v) is 2.38. The van der Waals surface area contributed by atoms with Gasteiger partial charge >= 0.3 is 5.97 Å². The third kappa shape index (κ3) is 5.16. The van der Waals surface area contributed by atoms with Crippen molar-refractivity contribution < 1.29 is 15.0 Å². The molecule has 0 aliphatic heterocycles. The molecule has 0 unspecified atom stereocenters. The summed E-state index contributed by atoms with van der Waals surface area (Å²) in [5.74, 6) is -1.25. The molecule has 0 saturated heterocycles. The maximum atomic E-state index is 11.8. The van der Waals surface area contributed by atoms with Crippen molar-refractivity contribution in [3.05, 3.63) is 27.7 Å². The fraction of sp³-hybridized carbons (Fsp3) is 0.600. The molecule has 7 nitrogen and oxygen atoms in total. The van der Waals surface area contributed by atoms with Crippen LogP contribution in [0.3, 0.4) is 0 Å². The summed E-state index contributed by atoms with van der Waals surface area (Å²) in [6, 6.07) is 1.41. The Balaban J connectivity index is 3.05. The molecule has 0 radical (unpaired) electrons. The van der Waals surface area contributed by atoms with E-state index < -0.39 is 11.4 Å². The summed E-state index contributed by atoms with van der Waals surface area (Å²) < 4.78 is 1.89. The van der Waals surface area contributed by atoms with Crippen LogP contribution in [-0.4, -0.2) is 64.8 Å². The minimum absolute atomic E-state index is 0.154. The normalized spacial score (nSPS) is 11.4. The smallest absolute Gasteiger partial charge is 0.317 e. The molecule has 1 heterocycles. The van der Waals surface area contributed by atoms with Crippen molar-refractivity contribution in [3.8, 4) is 5.75 Å². The van der Waals surface area contributed by atoms with Gasteiger partial charge in [0.15, 0.2) is 5.75 Å².